The van der Waals surface area contributed by atoms with Gasteiger partial charge in [0.1, 0.15) is 12.4 Å². The SMILES string of the molecule is COCCOc1ccc(C(=O)N2CCC(C(N)=O)CC2)cc1. The van der Waals surface area contributed by atoms with Gasteiger partial charge in [0.15, 0.2) is 0 Å². The van der Waals surface area contributed by atoms with Crippen LogP contribution in [0.4, 0.5) is 0 Å². The summed E-state index contributed by atoms with van der Waals surface area (Å²) in [7, 11) is 1.62. The van der Waals surface area contributed by atoms with Gasteiger partial charge in [-0.2, -0.15) is 0 Å². The summed E-state index contributed by atoms with van der Waals surface area (Å²) in [5.74, 6) is 0.303. The highest BCUT2D eigenvalue weighted by atomic mass is 16.5. The zero-order valence-corrected chi connectivity index (χ0v) is 12.8. The molecule has 2 N–H and O–H groups in total. The van der Waals surface area contributed by atoms with Crippen LogP contribution >= 0.6 is 0 Å². The van der Waals surface area contributed by atoms with E-state index < -0.39 is 0 Å². The number of ether oxygens (including phenoxy) is 2. The lowest BCUT2D eigenvalue weighted by Crippen LogP contribution is -2.41. The van der Waals surface area contributed by atoms with Crippen molar-refractivity contribution >= 4 is 11.8 Å². The van der Waals surface area contributed by atoms with E-state index in [1.54, 1.807) is 36.3 Å². The average molecular weight is 306 g/mol. The first-order chi connectivity index (χ1) is 10.6. The van der Waals surface area contributed by atoms with Gasteiger partial charge in [0.2, 0.25) is 5.91 Å². The fourth-order valence-corrected chi connectivity index (χ4v) is 2.49. The second-order valence-corrected chi connectivity index (χ2v) is 5.33. The molecule has 1 aromatic rings. The summed E-state index contributed by atoms with van der Waals surface area (Å²) in [6.07, 6.45) is 1.28. The number of likely N-dealkylation sites (tertiary alicyclic amines) is 1. The predicted molar refractivity (Wildman–Crippen MR) is 81.6 cm³/mol. The van der Waals surface area contributed by atoms with E-state index in [1.165, 1.54) is 0 Å². The Morgan fingerprint density at radius 2 is 1.82 bits per heavy atom. The normalized spacial score (nSPS) is 15.6. The van der Waals surface area contributed by atoms with Crippen LogP contribution < -0.4 is 10.5 Å². The van der Waals surface area contributed by atoms with Crippen molar-refractivity contribution in [1.29, 1.82) is 0 Å². The van der Waals surface area contributed by atoms with Crippen molar-refractivity contribution in [3.63, 3.8) is 0 Å². The molecule has 6 heteroatoms. The molecule has 1 aliphatic rings. The summed E-state index contributed by atoms with van der Waals surface area (Å²) in [4.78, 5) is 25.3. The molecule has 0 saturated carbocycles. The number of nitrogens with two attached hydrogens (primary N) is 1. The van der Waals surface area contributed by atoms with Crippen LogP contribution in [0.3, 0.4) is 0 Å². The van der Waals surface area contributed by atoms with Crippen molar-refractivity contribution in [2.45, 2.75) is 12.8 Å². The van der Waals surface area contributed by atoms with Gasteiger partial charge in [0, 0.05) is 31.7 Å². The number of primary amides is 1. The van der Waals surface area contributed by atoms with Crippen LogP contribution in [0.15, 0.2) is 24.3 Å². The van der Waals surface area contributed by atoms with Gasteiger partial charge in [-0.05, 0) is 37.1 Å². The van der Waals surface area contributed by atoms with E-state index in [-0.39, 0.29) is 17.7 Å². The summed E-state index contributed by atoms with van der Waals surface area (Å²) in [5, 5.41) is 0. The van der Waals surface area contributed by atoms with Gasteiger partial charge in [0.25, 0.3) is 5.91 Å². The van der Waals surface area contributed by atoms with Crippen molar-refractivity contribution in [3.8, 4) is 5.75 Å². The molecule has 0 aliphatic carbocycles. The predicted octanol–water partition coefficient (Wildman–Crippen LogP) is 1.05. The zero-order valence-electron chi connectivity index (χ0n) is 12.8. The number of rotatable bonds is 6. The zero-order chi connectivity index (χ0) is 15.9. The number of piperidine rings is 1. The van der Waals surface area contributed by atoms with Crippen molar-refractivity contribution in [3.05, 3.63) is 29.8 Å². The third kappa shape index (κ3) is 4.21. The molecule has 0 spiro atoms. The number of hydrogen-bond acceptors (Lipinski definition) is 4. The Kier molecular flexibility index (Phi) is 5.77. The van der Waals surface area contributed by atoms with E-state index in [4.69, 9.17) is 15.2 Å². The molecule has 120 valence electrons. The Morgan fingerprint density at radius 1 is 1.18 bits per heavy atom. The highest BCUT2D eigenvalue weighted by Crippen LogP contribution is 2.20. The second kappa shape index (κ2) is 7.79. The van der Waals surface area contributed by atoms with Gasteiger partial charge in [-0.1, -0.05) is 0 Å². The monoisotopic (exact) mass is 306 g/mol. The number of amides is 2. The molecule has 0 atom stereocenters. The lowest BCUT2D eigenvalue weighted by molar-refractivity contribution is -0.123. The molecule has 1 aromatic carbocycles. The minimum atomic E-state index is -0.273. The standard InChI is InChI=1S/C16H22N2O4/c1-21-10-11-22-14-4-2-13(3-5-14)16(20)18-8-6-12(7-9-18)15(17)19/h2-5,12H,6-11H2,1H3,(H2,17,19). The number of hydrogen-bond donors (Lipinski definition) is 1. The van der Waals surface area contributed by atoms with E-state index >= 15 is 0 Å². The maximum Gasteiger partial charge on any atom is 0.253 e. The molecule has 1 saturated heterocycles. The Bertz CT molecular complexity index is 507. The van der Waals surface area contributed by atoms with Gasteiger partial charge in [-0.15, -0.1) is 0 Å². The molecule has 1 aliphatic heterocycles. The van der Waals surface area contributed by atoms with E-state index in [0.717, 1.165) is 0 Å². The number of carbonyl (C=O) groups excluding carboxylic acids is 2. The molecule has 0 unspecified atom stereocenters. The van der Waals surface area contributed by atoms with Crippen LogP contribution in [-0.2, 0) is 9.53 Å². The first-order valence-corrected chi connectivity index (χ1v) is 7.42. The summed E-state index contributed by atoms with van der Waals surface area (Å²) in [6.45, 7) is 2.14. The summed E-state index contributed by atoms with van der Waals surface area (Å²) < 4.78 is 10.4. The number of carbonyl (C=O) groups is 2. The Labute approximate surface area is 130 Å². The maximum atomic E-state index is 12.4. The minimum Gasteiger partial charge on any atom is -0.491 e. The Morgan fingerprint density at radius 3 is 2.36 bits per heavy atom. The van der Waals surface area contributed by atoms with Crippen molar-refractivity contribution in [2.75, 3.05) is 33.4 Å². The molecule has 0 bridgehead atoms. The fraction of sp³-hybridized carbons (Fsp3) is 0.500. The number of benzene rings is 1. The number of nitrogens with zero attached hydrogens (tertiary/aromatic N) is 1. The number of methoxy groups -OCH3 is 1. The smallest absolute Gasteiger partial charge is 0.253 e. The largest absolute Gasteiger partial charge is 0.491 e. The van der Waals surface area contributed by atoms with Gasteiger partial charge in [-0.25, -0.2) is 0 Å². The molecule has 0 radical (unpaired) electrons. The van der Waals surface area contributed by atoms with Gasteiger partial charge in [-0.3, -0.25) is 9.59 Å². The Balaban J connectivity index is 1.89. The van der Waals surface area contributed by atoms with Crippen molar-refractivity contribution < 1.29 is 19.1 Å². The van der Waals surface area contributed by atoms with E-state index in [0.29, 0.717) is 50.5 Å². The molecule has 22 heavy (non-hydrogen) atoms. The Hall–Kier alpha value is -2.08. The quantitative estimate of drug-likeness (QED) is 0.796. The van der Waals surface area contributed by atoms with Crippen LogP contribution in [0, 0.1) is 5.92 Å². The van der Waals surface area contributed by atoms with E-state index in [2.05, 4.69) is 0 Å². The van der Waals surface area contributed by atoms with Crippen LogP contribution in [0.1, 0.15) is 23.2 Å². The molecular weight excluding hydrogens is 284 g/mol. The van der Waals surface area contributed by atoms with Crippen molar-refractivity contribution in [1.82, 2.24) is 4.90 Å². The molecule has 1 fully saturated rings. The molecular formula is C16H22N2O4. The molecule has 1 heterocycles. The van der Waals surface area contributed by atoms with Gasteiger partial charge in [0.05, 0.1) is 6.61 Å². The third-order valence-electron chi connectivity index (χ3n) is 3.84. The topological polar surface area (TPSA) is 81.9 Å². The van der Waals surface area contributed by atoms with E-state index in [9.17, 15) is 9.59 Å². The highest BCUT2D eigenvalue weighted by Gasteiger charge is 2.26. The van der Waals surface area contributed by atoms with E-state index in [1.807, 2.05) is 0 Å². The molecule has 2 rings (SSSR count). The van der Waals surface area contributed by atoms with Crippen LogP contribution in [0.5, 0.6) is 5.75 Å². The van der Waals surface area contributed by atoms with Gasteiger partial charge < -0.3 is 20.1 Å². The lowest BCUT2D eigenvalue weighted by Gasteiger charge is -2.30. The third-order valence-corrected chi connectivity index (χ3v) is 3.84. The first-order valence-electron chi connectivity index (χ1n) is 7.42. The summed E-state index contributed by atoms with van der Waals surface area (Å²) >= 11 is 0. The average Bonchev–Trinajstić information content (AvgIpc) is 2.55. The molecule has 6 nitrogen and oxygen atoms in total. The minimum absolute atomic E-state index is 0.0219. The fourth-order valence-electron chi connectivity index (χ4n) is 2.49. The second-order valence-electron chi connectivity index (χ2n) is 5.33. The highest BCUT2D eigenvalue weighted by molar-refractivity contribution is 5.94. The van der Waals surface area contributed by atoms with Crippen LogP contribution in [-0.4, -0.2) is 50.1 Å². The van der Waals surface area contributed by atoms with Crippen LogP contribution in [0.25, 0.3) is 0 Å². The van der Waals surface area contributed by atoms with Gasteiger partial charge >= 0.3 is 0 Å². The van der Waals surface area contributed by atoms with Crippen molar-refractivity contribution in [2.24, 2.45) is 11.7 Å². The molecule has 0 aromatic heterocycles. The lowest BCUT2D eigenvalue weighted by atomic mass is 9.96. The summed E-state index contributed by atoms with van der Waals surface area (Å²) in [6, 6.07) is 7.06. The molecule has 2 amide bonds. The maximum absolute atomic E-state index is 12.4. The summed E-state index contributed by atoms with van der Waals surface area (Å²) in [5.41, 5.74) is 5.92. The van der Waals surface area contributed by atoms with Crippen LogP contribution in [0.2, 0.25) is 0 Å². The first kappa shape index (κ1) is 16.3.